The van der Waals surface area contributed by atoms with Crippen LogP contribution in [0.15, 0.2) is 42.5 Å². The molecule has 1 unspecified atom stereocenters. The average molecular weight is 291 g/mol. The number of aromatic hydroxyl groups is 1. The lowest BCUT2D eigenvalue weighted by molar-refractivity contribution is 0.0937. The van der Waals surface area contributed by atoms with Crippen molar-refractivity contribution < 1.29 is 9.90 Å². The number of anilines is 1. The van der Waals surface area contributed by atoms with Gasteiger partial charge in [-0.1, -0.05) is 23.7 Å². The Hall–Kier alpha value is -2.20. The molecular weight excluding hydrogens is 276 g/mol. The van der Waals surface area contributed by atoms with Crippen LogP contribution in [0, 0.1) is 0 Å². The summed E-state index contributed by atoms with van der Waals surface area (Å²) in [7, 11) is 0. The number of nitrogens with two attached hydrogens (primary N) is 1. The van der Waals surface area contributed by atoms with E-state index in [9.17, 15) is 9.90 Å². The molecule has 4 nitrogen and oxygen atoms in total. The highest BCUT2D eigenvalue weighted by atomic mass is 35.5. The monoisotopic (exact) mass is 290 g/mol. The zero-order valence-electron chi connectivity index (χ0n) is 10.9. The standard InChI is InChI=1S/C15H15ClN2O2/c1-9(10-3-2-4-12(17)7-10)18-15(20)13-8-11(16)5-6-14(13)19/h2-9,19H,17H2,1H3,(H,18,20). The van der Waals surface area contributed by atoms with Gasteiger partial charge in [-0.15, -0.1) is 0 Å². The number of amides is 1. The first-order valence-corrected chi connectivity index (χ1v) is 6.50. The van der Waals surface area contributed by atoms with E-state index in [4.69, 9.17) is 17.3 Å². The molecule has 1 atom stereocenters. The number of hydrogen-bond donors (Lipinski definition) is 3. The van der Waals surface area contributed by atoms with Gasteiger partial charge in [-0.2, -0.15) is 0 Å². The number of halogens is 1. The van der Waals surface area contributed by atoms with Crippen molar-refractivity contribution >= 4 is 23.2 Å². The predicted octanol–water partition coefficient (Wildman–Crippen LogP) is 3.12. The van der Waals surface area contributed by atoms with Crippen molar-refractivity contribution in [1.82, 2.24) is 5.32 Å². The number of benzene rings is 2. The second-order valence-corrected chi connectivity index (χ2v) is 4.96. The third-order valence-corrected chi connectivity index (χ3v) is 3.20. The number of phenolic OH excluding ortho intramolecular Hbond substituents is 1. The van der Waals surface area contributed by atoms with Crippen molar-refractivity contribution in [1.29, 1.82) is 0 Å². The van der Waals surface area contributed by atoms with Crippen molar-refractivity contribution in [2.24, 2.45) is 0 Å². The number of carbonyl (C=O) groups excluding carboxylic acids is 1. The Kier molecular flexibility index (Phi) is 4.15. The van der Waals surface area contributed by atoms with Crippen molar-refractivity contribution in [3.05, 3.63) is 58.6 Å². The number of carbonyl (C=O) groups is 1. The quantitative estimate of drug-likeness (QED) is 0.760. The van der Waals surface area contributed by atoms with E-state index in [1.807, 2.05) is 19.1 Å². The molecule has 0 bridgehead atoms. The second-order valence-electron chi connectivity index (χ2n) is 4.53. The van der Waals surface area contributed by atoms with E-state index in [0.717, 1.165) is 5.56 Å². The molecule has 1 amide bonds. The molecule has 2 aromatic rings. The lowest BCUT2D eigenvalue weighted by Crippen LogP contribution is -2.26. The molecule has 0 fully saturated rings. The summed E-state index contributed by atoms with van der Waals surface area (Å²) >= 11 is 5.83. The summed E-state index contributed by atoms with van der Waals surface area (Å²) in [6, 6.07) is 11.4. The maximum atomic E-state index is 12.1. The molecule has 4 N–H and O–H groups in total. The summed E-state index contributed by atoms with van der Waals surface area (Å²) in [4.78, 5) is 12.1. The first kappa shape index (κ1) is 14.2. The normalized spacial score (nSPS) is 11.9. The Morgan fingerprint density at radius 3 is 2.75 bits per heavy atom. The lowest BCUT2D eigenvalue weighted by atomic mass is 10.1. The fourth-order valence-corrected chi connectivity index (χ4v) is 2.05. The number of rotatable bonds is 3. The Bertz CT molecular complexity index is 644. The van der Waals surface area contributed by atoms with Gasteiger partial charge in [0.1, 0.15) is 5.75 Å². The van der Waals surface area contributed by atoms with E-state index in [1.165, 1.54) is 18.2 Å². The van der Waals surface area contributed by atoms with E-state index < -0.39 is 0 Å². The van der Waals surface area contributed by atoms with Gasteiger partial charge in [0.15, 0.2) is 0 Å². The van der Waals surface area contributed by atoms with Crippen LogP contribution in [-0.2, 0) is 0 Å². The van der Waals surface area contributed by atoms with Gasteiger partial charge < -0.3 is 16.2 Å². The summed E-state index contributed by atoms with van der Waals surface area (Å²) in [6.07, 6.45) is 0. The molecule has 0 aliphatic heterocycles. The molecule has 0 heterocycles. The fraction of sp³-hybridized carbons (Fsp3) is 0.133. The zero-order valence-corrected chi connectivity index (χ0v) is 11.7. The third kappa shape index (κ3) is 3.22. The zero-order chi connectivity index (χ0) is 14.7. The number of phenols is 1. The highest BCUT2D eigenvalue weighted by molar-refractivity contribution is 6.31. The van der Waals surface area contributed by atoms with Gasteiger partial charge in [0, 0.05) is 10.7 Å². The minimum absolute atomic E-state index is 0.105. The van der Waals surface area contributed by atoms with E-state index in [1.54, 1.807) is 12.1 Å². The lowest BCUT2D eigenvalue weighted by Gasteiger charge is -2.15. The Morgan fingerprint density at radius 2 is 2.05 bits per heavy atom. The highest BCUT2D eigenvalue weighted by Crippen LogP contribution is 2.23. The van der Waals surface area contributed by atoms with E-state index >= 15 is 0 Å². The number of hydrogen-bond acceptors (Lipinski definition) is 3. The van der Waals surface area contributed by atoms with Gasteiger partial charge in [0.25, 0.3) is 5.91 Å². The van der Waals surface area contributed by atoms with Crippen LogP contribution in [0.1, 0.15) is 28.9 Å². The van der Waals surface area contributed by atoms with Crippen LogP contribution in [0.25, 0.3) is 0 Å². The molecule has 0 aromatic heterocycles. The summed E-state index contributed by atoms with van der Waals surface area (Å²) in [5.41, 5.74) is 7.38. The van der Waals surface area contributed by atoms with Crippen LogP contribution in [0.2, 0.25) is 5.02 Å². The van der Waals surface area contributed by atoms with Crippen molar-refractivity contribution in [3.63, 3.8) is 0 Å². The van der Waals surface area contributed by atoms with Crippen LogP contribution in [0.4, 0.5) is 5.69 Å². The van der Waals surface area contributed by atoms with Crippen LogP contribution in [-0.4, -0.2) is 11.0 Å². The minimum atomic E-state index is -0.389. The average Bonchev–Trinajstić information content (AvgIpc) is 2.41. The molecule has 2 rings (SSSR count). The van der Waals surface area contributed by atoms with E-state index in [-0.39, 0.29) is 23.3 Å². The molecule has 0 aliphatic carbocycles. The summed E-state index contributed by atoms with van der Waals surface area (Å²) in [5.74, 6) is -0.494. The topological polar surface area (TPSA) is 75.3 Å². The van der Waals surface area contributed by atoms with Crippen molar-refractivity contribution in [2.75, 3.05) is 5.73 Å². The van der Waals surface area contributed by atoms with Gasteiger partial charge in [-0.25, -0.2) is 0 Å². The Balaban J connectivity index is 2.17. The molecule has 104 valence electrons. The van der Waals surface area contributed by atoms with Crippen LogP contribution >= 0.6 is 11.6 Å². The molecule has 0 radical (unpaired) electrons. The highest BCUT2D eigenvalue weighted by Gasteiger charge is 2.15. The molecule has 2 aromatic carbocycles. The van der Waals surface area contributed by atoms with Crippen LogP contribution in [0.3, 0.4) is 0 Å². The predicted molar refractivity (Wildman–Crippen MR) is 79.9 cm³/mol. The van der Waals surface area contributed by atoms with Crippen LogP contribution < -0.4 is 11.1 Å². The van der Waals surface area contributed by atoms with Crippen LogP contribution in [0.5, 0.6) is 5.75 Å². The molecule has 0 saturated heterocycles. The van der Waals surface area contributed by atoms with E-state index in [2.05, 4.69) is 5.32 Å². The summed E-state index contributed by atoms with van der Waals surface area (Å²) in [5, 5.41) is 12.9. The molecule has 0 saturated carbocycles. The first-order valence-electron chi connectivity index (χ1n) is 6.12. The van der Waals surface area contributed by atoms with Crippen molar-refractivity contribution in [3.8, 4) is 5.75 Å². The van der Waals surface area contributed by atoms with Gasteiger partial charge in [-0.3, -0.25) is 4.79 Å². The largest absolute Gasteiger partial charge is 0.507 e. The second kappa shape index (κ2) is 5.84. The van der Waals surface area contributed by atoms with Gasteiger partial charge in [0.05, 0.1) is 11.6 Å². The molecular formula is C15H15ClN2O2. The molecule has 20 heavy (non-hydrogen) atoms. The number of nitrogens with one attached hydrogen (secondary N) is 1. The summed E-state index contributed by atoms with van der Waals surface area (Å²) < 4.78 is 0. The van der Waals surface area contributed by atoms with Gasteiger partial charge in [0.2, 0.25) is 0 Å². The summed E-state index contributed by atoms with van der Waals surface area (Å²) in [6.45, 7) is 1.84. The first-order chi connectivity index (χ1) is 9.47. The molecule has 5 heteroatoms. The SMILES string of the molecule is CC(NC(=O)c1cc(Cl)ccc1O)c1cccc(N)c1. The minimum Gasteiger partial charge on any atom is -0.507 e. The molecule has 0 aliphatic rings. The van der Waals surface area contributed by atoms with E-state index in [0.29, 0.717) is 10.7 Å². The Morgan fingerprint density at radius 1 is 1.30 bits per heavy atom. The third-order valence-electron chi connectivity index (χ3n) is 2.96. The smallest absolute Gasteiger partial charge is 0.255 e. The number of nitrogen functional groups attached to an aromatic ring is 1. The fourth-order valence-electron chi connectivity index (χ4n) is 1.88. The molecule has 0 spiro atoms. The Labute approximate surface area is 122 Å². The maximum absolute atomic E-state index is 12.1. The van der Waals surface area contributed by atoms with Gasteiger partial charge >= 0.3 is 0 Å². The maximum Gasteiger partial charge on any atom is 0.255 e. The van der Waals surface area contributed by atoms with Crippen molar-refractivity contribution in [2.45, 2.75) is 13.0 Å². The van der Waals surface area contributed by atoms with Gasteiger partial charge in [-0.05, 0) is 42.8 Å².